The molecule has 1 aromatic carbocycles. The van der Waals surface area contributed by atoms with Gasteiger partial charge in [-0.05, 0) is 24.6 Å². The highest BCUT2D eigenvalue weighted by atomic mass is 35.5. The van der Waals surface area contributed by atoms with Gasteiger partial charge < -0.3 is 11.1 Å². The van der Waals surface area contributed by atoms with Crippen LogP contribution in [-0.4, -0.2) is 11.8 Å². The summed E-state index contributed by atoms with van der Waals surface area (Å²) in [6.07, 6.45) is 0.0332. The third-order valence-electron chi connectivity index (χ3n) is 2.48. The molecular formula is C12H15ClN2O2. The van der Waals surface area contributed by atoms with E-state index in [-0.39, 0.29) is 12.3 Å². The van der Waals surface area contributed by atoms with Gasteiger partial charge >= 0.3 is 0 Å². The number of hydrogen-bond acceptors (Lipinski definition) is 2. The zero-order chi connectivity index (χ0) is 13.0. The van der Waals surface area contributed by atoms with E-state index in [0.717, 1.165) is 5.56 Å². The summed E-state index contributed by atoms with van der Waals surface area (Å²) in [5.74, 6) is -1.18. The number of amides is 2. The zero-order valence-electron chi connectivity index (χ0n) is 9.79. The molecule has 0 radical (unpaired) electrons. The van der Waals surface area contributed by atoms with E-state index in [1.165, 1.54) is 0 Å². The number of nitrogens with one attached hydrogen (secondary N) is 1. The number of primary amides is 1. The number of halogens is 1. The molecule has 0 aliphatic heterocycles. The molecular weight excluding hydrogens is 240 g/mol. The van der Waals surface area contributed by atoms with Crippen molar-refractivity contribution in [2.45, 2.75) is 20.3 Å². The zero-order valence-corrected chi connectivity index (χ0v) is 10.5. The summed E-state index contributed by atoms with van der Waals surface area (Å²) in [6, 6.07) is 5.26. The van der Waals surface area contributed by atoms with Crippen LogP contribution in [0.15, 0.2) is 18.2 Å². The third-order valence-corrected chi connectivity index (χ3v) is 2.89. The summed E-state index contributed by atoms with van der Waals surface area (Å²) in [6.45, 7) is 3.47. The number of rotatable bonds is 4. The molecule has 0 aliphatic carbocycles. The standard InChI is InChI=1S/C12H15ClN2O2/c1-7(6-11(14)16)12(17)15-10-5-3-4-9(13)8(10)2/h3-5,7H,6H2,1-2H3,(H2,14,16)(H,15,17). The van der Waals surface area contributed by atoms with Gasteiger partial charge in [0.1, 0.15) is 0 Å². The van der Waals surface area contributed by atoms with Crippen LogP contribution in [0.3, 0.4) is 0 Å². The first-order chi connectivity index (χ1) is 7.91. The van der Waals surface area contributed by atoms with E-state index < -0.39 is 11.8 Å². The molecule has 2 amide bonds. The minimum Gasteiger partial charge on any atom is -0.370 e. The van der Waals surface area contributed by atoms with Gasteiger partial charge in [-0.1, -0.05) is 24.6 Å². The van der Waals surface area contributed by atoms with Crippen LogP contribution in [0.2, 0.25) is 5.02 Å². The summed E-state index contributed by atoms with van der Waals surface area (Å²) < 4.78 is 0. The highest BCUT2D eigenvalue weighted by molar-refractivity contribution is 6.31. The summed E-state index contributed by atoms with van der Waals surface area (Å²) >= 11 is 5.94. The molecule has 0 aliphatic rings. The molecule has 0 bridgehead atoms. The Morgan fingerprint density at radius 1 is 1.47 bits per heavy atom. The van der Waals surface area contributed by atoms with E-state index in [1.807, 2.05) is 6.92 Å². The van der Waals surface area contributed by atoms with Crippen molar-refractivity contribution in [1.29, 1.82) is 0 Å². The molecule has 5 heteroatoms. The average Bonchev–Trinajstić information content (AvgIpc) is 2.23. The second-order valence-electron chi connectivity index (χ2n) is 3.97. The maximum Gasteiger partial charge on any atom is 0.227 e. The SMILES string of the molecule is Cc1c(Cl)cccc1NC(=O)C(C)CC(N)=O. The van der Waals surface area contributed by atoms with Gasteiger partial charge in [0.05, 0.1) is 0 Å². The molecule has 0 saturated heterocycles. The quantitative estimate of drug-likeness (QED) is 0.864. The fraction of sp³-hybridized carbons (Fsp3) is 0.333. The maximum atomic E-state index is 11.7. The second-order valence-corrected chi connectivity index (χ2v) is 4.38. The minimum absolute atomic E-state index is 0.0332. The molecule has 92 valence electrons. The Hall–Kier alpha value is -1.55. The summed E-state index contributed by atoms with van der Waals surface area (Å²) in [4.78, 5) is 22.5. The lowest BCUT2D eigenvalue weighted by atomic mass is 10.1. The molecule has 1 rings (SSSR count). The van der Waals surface area contributed by atoms with Gasteiger partial charge in [-0.15, -0.1) is 0 Å². The van der Waals surface area contributed by atoms with Crippen molar-refractivity contribution in [2.75, 3.05) is 5.32 Å². The Labute approximate surface area is 105 Å². The van der Waals surface area contributed by atoms with Crippen LogP contribution in [0.4, 0.5) is 5.69 Å². The van der Waals surface area contributed by atoms with Crippen LogP contribution in [0.5, 0.6) is 0 Å². The largest absolute Gasteiger partial charge is 0.370 e. The second kappa shape index (κ2) is 5.68. The summed E-state index contributed by atoms with van der Waals surface area (Å²) in [7, 11) is 0. The molecule has 1 atom stereocenters. The highest BCUT2D eigenvalue weighted by Gasteiger charge is 2.16. The van der Waals surface area contributed by atoms with Crippen molar-refractivity contribution in [3.8, 4) is 0 Å². The monoisotopic (exact) mass is 254 g/mol. The van der Waals surface area contributed by atoms with E-state index in [4.69, 9.17) is 17.3 Å². The molecule has 1 aromatic rings. The molecule has 0 aromatic heterocycles. The topological polar surface area (TPSA) is 72.2 Å². The Morgan fingerprint density at radius 3 is 2.71 bits per heavy atom. The van der Waals surface area contributed by atoms with E-state index in [1.54, 1.807) is 25.1 Å². The lowest BCUT2D eigenvalue weighted by Crippen LogP contribution is -2.25. The smallest absolute Gasteiger partial charge is 0.227 e. The summed E-state index contributed by atoms with van der Waals surface area (Å²) in [5, 5.41) is 3.31. The first-order valence-electron chi connectivity index (χ1n) is 5.26. The molecule has 17 heavy (non-hydrogen) atoms. The van der Waals surface area contributed by atoms with Gasteiger partial charge in [0.2, 0.25) is 11.8 Å². The average molecular weight is 255 g/mol. The fourth-order valence-corrected chi connectivity index (χ4v) is 1.57. The van der Waals surface area contributed by atoms with Gasteiger partial charge in [-0.2, -0.15) is 0 Å². The Bertz CT molecular complexity index is 446. The van der Waals surface area contributed by atoms with E-state index in [2.05, 4.69) is 5.32 Å². The number of nitrogens with two attached hydrogens (primary N) is 1. The normalized spacial score (nSPS) is 11.9. The van der Waals surface area contributed by atoms with Crippen LogP contribution in [0.25, 0.3) is 0 Å². The Kier molecular flexibility index (Phi) is 4.52. The first kappa shape index (κ1) is 13.5. The molecule has 0 spiro atoms. The van der Waals surface area contributed by atoms with Crippen LogP contribution >= 0.6 is 11.6 Å². The minimum atomic E-state index is -0.490. The first-order valence-corrected chi connectivity index (χ1v) is 5.64. The predicted octanol–water partition coefficient (Wildman–Crippen LogP) is 2.10. The number of carbonyl (C=O) groups excluding carboxylic acids is 2. The van der Waals surface area contributed by atoms with Crippen molar-refractivity contribution < 1.29 is 9.59 Å². The van der Waals surface area contributed by atoms with Crippen molar-refractivity contribution in [1.82, 2.24) is 0 Å². The van der Waals surface area contributed by atoms with E-state index >= 15 is 0 Å². The van der Waals surface area contributed by atoms with E-state index in [0.29, 0.717) is 10.7 Å². The maximum absolute atomic E-state index is 11.7. The third kappa shape index (κ3) is 3.75. The molecule has 0 heterocycles. The van der Waals surface area contributed by atoms with Gasteiger partial charge in [-0.25, -0.2) is 0 Å². The molecule has 0 fully saturated rings. The molecule has 3 N–H and O–H groups in total. The number of carbonyl (C=O) groups is 2. The van der Waals surface area contributed by atoms with Crippen molar-refractivity contribution in [3.05, 3.63) is 28.8 Å². The summed E-state index contributed by atoms with van der Waals surface area (Å²) in [5.41, 5.74) is 6.49. The Morgan fingerprint density at radius 2 is 2.12 bits per heavy atom. The van der Waals surface area contributed by atoms with Crippen molar-refractivity contribution in [3.63, 3.8) is 0 Å². The molecule has 0 saturated carbocycles. The highest BCUT2D eigenvalue weighted by Crippen LogP contribution is 2.23. The number of hydrogen-bond donors (Lipinski definition) is 2. The molecule has 4 nitrogen and oxygen atoms in total. The van der Waals surface area contributed by atoms with Crippen LogP contribution in [0, 0.1) is 12.8 Å². The fourth-order valence-electron chi connectivity index (χ4n) is 1.39. The molecule has 1 unspecified atom stereocenters. The number of benzene rings is 1. The van der Waals surface area contributed by atoms with Crippen LogP contribution in [-0.2, 0) is 9.59 Å². The Balaban J connectivity index is 2.74. The van der Waals surface area contributed by atoms with Gasteiger partial charge in [0.25, 0.3) is 0 Å². The van der Waals surface area contributed by atoms with Crippen molar-refractivity contribution >= 4 is 29.1 Å². The lowest BCUT2D eigenvalue weighted by Gasteiger charge is -2.13. The van der Waals surface area contributed by atoms with Gasteiger partial charge in [0.15, 0.2) is 0 Å². The van der Waals surface area contributed by atoms with Gasteiger partial charge in [0, 0.05) is 23.0 Å². The predicted molar refractivity (Wildman–Crippen MR) is 67.8 cm³/mol. The lowest BCUT2D eigenvalue weighted by molar-refractivity contribution is -0.125. The van der Waals surface area contributed by atoms with Gasteiger partial charge in [-0.3, -0.25) is 9.59 Å². The number of anilines is 1. The van der Waals surface area contributed by atoms with Crippen LogP contribution in [0.1, 0.15) is 18.9 Å². The van der Waals surface area contributed by atoms with Crippen LogP contribution < -0.4 is 11.1 Å². The van der Waals surface area contributed by atoms with E-state index in [9.17, 15) is 9.59 Å². The van der Waals surface area contributed by atoms with Crippen molar-refractivity contribution in [2.24, 2.45) is 11.7 Å².